The Morgan fingerprint density at radius 2 is 1.66 bits per heavy atom. The van der Waals surface area contributed by atoms with Crippen LogP contribution in [0.4, 0.5) is 0 Å². The van der Waals surface area contributed by atoms with Crippen LogP contribution in [0.15, 0.2) is 91.1 Å². The first-order valence-electron chi connectivity index (χ1n) is 11.2. The number of methoxy groups -OCH3 is 1. The lowest BCUT2D eigenvalue weighted by Crippen LogP contribution is -2.47. The third kappa shape index (κ3) is 2.74. The molecule has 2 bridgehead atoms. The van der Waals surface area contributed by atoms with Gasteiger partial charge in [-0.3, -0.25) is 9.78 Å². The van der Waals surface area contributed by atoms with E-state index in [1.165, 1.54) is 5.56 Å². The topological polar surface area (TPSA) is 39.2 Å². The Morgan fingerprint density at radius 1 is 0.906 bits per heavy atom. The zero-order chi connectivity index (χ0) is 21.8. The molecule has 0 unspecified atom stereocenters. The molecule has 0 spiro atoms. The first-order chi connectivity index (χ1) is 15.6. The van der Waals surface area contributed by atoms with Gasteiger partial charge in [0.2, 0.25) is 0 Å². The molecule has 3 aromatic carbocycles. The molecule has 1 heterocycles. The number of ketones is 1. The highest BCUT2D eigenvalue weighted by atomic mass is 16.5. The highest BCUT2D eigenvalue weighted by molar-refractivity contribution is 6.05. The van der Waals surface area contributed by atoms with E-state index >= 15 is 0 Å². The van der Waals surface area contributed by atoms with Crippen LogP contribution in [-0.4, -0.2) is 17.9 Å². The highest BCUT2D eigenvalue weighted by Crippen LogP contribution is 2.73. The third-order valence-electron chi connectivity index (χ3n) is 7.76. The second kappa shape index (κ2) is 7.03. The smallest absolute Gasteiger partial charge is 0.169 e. The molecule has 3 heteroatoms. The lowest BCUT2D eigenvalue weighted by atomic mass is 9.54. The quantitative estimate of drug-likeness (QED) is 0.355. The summed E-state index contributed by atoms with van der Waals surface area (Å²) in [5.74, 6) is 1.12. The van der Waals surface area contributed by atoms with Crippen LogP contribution in [0.2, 0.25) is 0 Å². The summed E-state index contributed by atoms with van der Waals surface area (Å²) in [4.78, 5) is 18.8. The van der Waals surface area contributed by atoms with E-state index in [0.29, 0.717) is 0 Å². The molecule has 1 atom stereocenters. The van der Waals surface area contributed by atoms with Gasteiger partial charge in [0.25, 0.3) is 0 Å². The van der Waals surface area contributed by atoms with Gasteiger partial charge in [0.05, 0.1) is 7.11 Å². The zero-order valence-corrected chi connectivity index (χ0v) is 18.1. The van der Waals surface area contributed by atoms with Crippen LogP contribution in [0.5, 0.6) is 5.75 Å². The van der Waals surface area contributed by atoms with Gasteiger partial charge in [-0.2, -0.15) is 0 Å². The molecule has 0 amide bonds. The molecule has 4 aromatic rings. The molecule has 3 aliphatic rings. The van der Waals surface area contributed by atoms with Crippen molar-refractivity contribution in [1.29, 1.82) is 0 Å². The van der Waals surface area contributed by atoms with E-state index in [0.717, 1.165) is 47.0 Å². The number of aromatic nitrogens is 1. The summed E-state index contributed by atoms with van der Waals surface area (Å²) in [6.45, 7) is 0. The standard InChI is InChI=1S/C29H25NO2/c1-32-24-13-14-30-26(16-24)25-17-28(23-9-3-2-4-10-23)18-29(25,19-28)27(31)22-12-11-20-7-5-6-8-21(20)15-22/h2-16,25H,17-19H2,1H3/t25-,28?,29?/m0/s1. The molecule has 0 N–H and O–H groups in total. The van der Waals surface area contributed by atoms with Crippen molar-refractivity contribution >= 4 is 16.6 Å². The Hall–Kier alpha value is -3.46. The normalized spacial score (nSPS) is 26.0. The van der Waals surface area contributed by atoms with Crippen LogP contribution in [0.25, 0.3) is 10.8 Å². The number of benzene rings is 3. The van der Waals surface area contributed by atoms with Crippen molar-refractivity contribution in [2.75, 3.05) is 7.11 Å². The van der Waals surface area contributed by atoms with Gasteiger partial charge in [0, 0.05) is 34.9 Å². The summed E-state index contributed by atoms with van der Waals surface area (Å²) < 4.78 is 5.47. The van der Waals surface area contributed by atoms with E-state index in [-0.39, 0.29) is 17.1 Å². The largest absolute Gasteiger partial charge is 0.497 e. The number of fused-ring (bicyclic) bond motifs is 2. The summed E-state index contributed by atoms with van der Waals surface area (Å²) in [7, 11) is 1.68. The van der Waals surface area contributed by atoms with Gasteiger partial charge >= 0.3 is 0 Å². The SMILES string of the molecule is COc1ccnc([C@@H]2CC3(c4ccccc4)CC2(C(=O)c2ccc4ccccc4c2)C3)c1. The summed E-state index contributed by atoms with van der Waals surface area (Å²) in [5, 5.41) is 2.27. The number of Topliss-reactive ketones (excluding diaryl/α,β-unsaturated/α-hetero) is 1. The molecular weight excluding hydrogens is 394 g/mol. The molecule has 0 aliphatic heterocycles. The first-order valence-corrected chi connectivity index (χ1v) is 11.2. The van der Waals surface area contributed by atoms with E-state index in [9.17, 15) is 4.79 Å². The van der Waals surface area contributed by atoms with E-state index in [1.54, 1.807) is 13.3 Å². The van der Waals surface area contributed by atoms with Gasteiger partial charge in [-0.1, -0.05) is 66.7 Å². The molecule has 3 fully saturated rings. The second-order valence-electron chi connectivity index (χ2n) is 9.42. The van der Waals surface area contributed by atoms with Gasteiger partial charge in [0.1, 0.15) is 5.75 Å². The summed E-state index contributed by atoms with van der Waals surface area (Å²) >= 11 is 0. The minimum Gasteiger partial charge on any atom is -0.497 e. The molecule has 158 valence electrons. The molecule has 3 saturated carbocycles. The van der Waals surface area contributed by atoms with Crippen molar-refractivity contribution in [1.82, 2.24) is 4.98 Å². The molecule has 7 rings (SSSR count). The molecule has 0 saturated heterocycles. The number of nitrogens with zero attached hydrogens (tertiary/aromatic N) is 1. The number of rotatable bonds is 5. The fraction of sp³-hybridized carbons (Fsp3) is 0.241. The fourth-order valence-corrected chi connectivity index (χ4v) is 6.32. The highest BCUT2D eigenvalue weighted by Gasteiger charge is 2.70. The van der Waals surface area contributed by atoms with Crippen molar-refractivity contribution in [2.45, 2.75) is 30.6 Å². The maximum Gasteiger partial charge on any atom is 0.169 e. The maximum absolute atomic E-state index is 14.1. The average molecular weight is 420 g/mol. The first kappa shape index (κ1) is 19.2. The van der Waals surface area contributed by atoms with Crippen LogP contribution in [0.3, 0.4) is 0 Å². The van der Waals surface area contributed by atoms with Crippen LogP contribution in [0, 0.1) is 5.41 Å². The van der Waals surface area contributed by atoms with Gasteiger partial charge in [-0.25, -0.2) is 0 Å². The van der Waals surface area contributed by atoms with Crippen LogP contribution in [-0.2, 0) is 5.41 Å². The summed E-state index contributed by atoms with van der Waals surface area (Å²) in [5.41, 5.74) is 2.74. The number of ether oxygens (including phenoxy) is 1. The average Bonchev–Trinajstić information content (AvgIpc) is 3.37. The summed E-state index contributed by atoms with van der Waals surface area (Å²) in [6, 6.07) is 28.9. The molecule has 32 heavy (non-hydrogen) atoms. The number of carbonyl (C=O) groups excluding carboxylic acids is 1. The molecule has 3 nitrogen and oxygen atoms in total. The van der Waals surface area contributed by atoms with Crippen molar-refractivity contribution in [3.63, 3.8) is 0 Å². The Morgan fingerprint density at radius 3 is 2.44 bits per heavy atom. The minimum atomic E-state index is -0.419. The van der Waals surface area contributed by atoms with Gasteiger partial charge in [0.15, 0.2) is 5.78 Å². The van der Waals surface area contributed by atoms with E-state index in [1.807, 2.05) is 30.3 Å². The third-order valence-corrected chi connectivity index (χ3v) is 7.76. The summed E-state index contributed by atoms with van der Waals surface area (Å²) in [6.07, 6.45) is 4.49. The molecular formula is C29H25NO2. The minimum absolute atomic E-state index is 0.0448. The Kier molecular flexibility index (Phi) is 4.23. The molecule has 0 radical (unpaired) electrons. The molecule has 1 aromatic heterocycles. The number of pyridine rings is 1. The molecule has 3 aliphatic carbocycles. The van der Waals surface area contributed by atoms with Crippen molar-refractivity contribution < 1.29 is 9.53 Å². The van der Waals surface area contributed by atoms with Crippen molar-refractivity contribution in [3.8, 4) is 5.75 Å². The van der Waals surface area contributed by atoms with Gasteiger partial charge < -0.3 is 4.74 Å². The van der Waals surface area contributed by atoms with Crippen molar-refractivity contribution in [3.05, 3.63) is 108 Å². The second-order valence-corrected chi connectivity index (χ2v) is 9.42. The van der Waals surface area contributed by atoms with E-state index in [2.05, 4.69) is 54.6 Å². The fourth-order valence-electron chi connectivity index (χ4n) is 6.32. The maximum atomic E-state index is 14.1. The monoisotopic (exact) mass is 419 g/mol. The predicted molar refractivity (Wildman–Crippen MR) is 126 cm³/mol. The Bertz CT molecular complexity index is 1320. The Balaban J connectivity index is 1.44. The van der Waals surface area contributed by atoms with E-state index < -0.39 is 5.41 Å². The predicted octanol–water partition coefficient (Wildman–Crippen LogP) is 6.33. The Labute approximate surface area is 188 Å². The lowest BCUT2D eigenvalue weighted by molar-refractivity contribution is 0.0537. The number of carbonyl (C=O) groups is 1. The van der Waals surface area contributed by atoms with Gasteiger partial charge in [-0.15, -0.1) is 0 Å². The zero-order valence-electron chi connectivity index (χ0n) is 18.1. The van der Waals surface area contributed by atoms with Crippen LogP contribution >= 0.6 is 0 Å². The number of hydrogen-bond donors (Lipinski definition) is 0. The number of hydrogen-bond acceptors (Lipinski definition) is 3. The van der Waals surface area contributed by atoms with E-state index in [4.69, 9.17) is 9.72 Å². The van der Waals surface area contributed by atoms with Gasteiger partial charge in [-0.05, 0) is 53.1 Å². The van der Waals surface area contributed by atoms with Crippen LogP contribution < -0.4 is 4.74 Å². The lowest BCUT2D eigenvalue weighted by Gasteiger charge is -2.48. The van der Waals surface area contributed by atoms with Crippen LogP contribution in [0.1, 0.15) is 46.8 Å². The van der Waals surface area contributed by atoms with Crippen molar-refractivity contribution in [2.24, 2.45) is 5.41 Å².